The van der Waals surface area contributed by atoms with Crippen LogP contribution in [-0.4, -0.2) is 75.6 Å². The Morgan fingerprint density at radius 2 is 1.80 bits per heavy atom. The maximum Gasteiger partial charge on any atom is 0.184 e. The first-order chi connectivity index (χ1) is 16.9. The Morgan fingerprint density at radius 3 is 2.43 bits per heavy atom. The predicted octanol–water partition coefficient (Wildman–Crippen LogP) is 2.33. The molecule has 0 aromatic heterocycles. The van der Waals surface area contributed by atoms with E-state index in [0.29, 0.717) is 49.0 Å². The zero-order valence-electron chi connectivity index (χ0n) is 20.1. The van der Waals surface area contributed by atoms with Crippen LogP contribution in [0, 0.1) is 17.1 Å². The molecule has 0 spiro atoms. The second-order valence-corrected chi connectivity index (χ2v) is 9.49. The van der Waals surface area contributed by atoms with Crippen molar-refractivity contribution in [2.75, 3.05) is 68.1 Å². The molecule has 3 N–H and O–H groups in total. The molecule has 0 radical (unpaired) electrons. The molecule has 0 aliphatic carbocycles. The number of nitrogens with one attached hydrogen (secondary N) is 1. The van der Waals surface area contributed by atoms with Crippen molar-refractivity contribution in [2.24, 2.45) is 10.8 Å². The molecule has 1 atom stereocenters. The van der Waals surface area contributed by atoms with Gasteiger partial charge < -0.3 is 25.3 Å². The Morgan fingerprint density at radius 1 is 1.11 bits per heavy atom. The minimum atomic E-state index is -0.292. The van der Waals surface area contributed by atoms with E-state index < -0.39 is 0 Å². The topological polar surface area (TPSA) is 87.2 Å². The van der Waals surface area contributed by atoms with Crippen LogP contribution in [0.3, 0.4) is 0 Å². The Hall–Kier alpha value is -3.42. The van der Waals surface area contributed by atoms with Crippen LogP contribution in [0.4, 0.5) is 21.5 Å². The third-order valence-corrected chi connectivity index (χ3v) is 6.79. The molecule has 35 heavy (non-hydrogen) atoms. The summed E-state index contributed by atoms with van der Waals surface area (Å²) in [7, 11) is 4.17. The zero-order chi connectivity index (χ0) is 24.9. The van der Waals surface area contributed by atoms with Gasteiger partial charge in [0.05, 0.1) is 23.2 Å². The summed E-state index contributed by atoms with van der Waals surface area (Å²) >= 11 is 4.82. The molecule has 2 heterocycles. The molecule has 2 aliphatic rings. The van der Waals surface area contributed by atoms with Gasteiger partial charge in [-0.25, -0.2) is 4.39 Å². The van der Waals surface area contributed by atoms with Crippen LogP contribution in [0.1, 0.15) is 17.5 Å². The number of halogens is 1. The van der Waals surface area contributed by atoms with Crippen LogP contribution in [-0.2, 0) is 0 Å². The van der Waals surface area contributed by atoms with E-state index in [2.05, 4.69) is 50.3 Å². The lowest BCUT2D eigenvalue weighted by Gasteiger charge is -2.38. The number of rotatable bonds is 6. The normalized spacial score (nSPS) is 18.4. The first-order valence-corrected chi connectivity index (χ1v) is 12.1. The number of nitriles is 1. The molecular formula is C25H31FN8S. The van der Waals surface area contributed by atoms with Gasteiger partial charge in [0, 0.05) is 56.6 Å². The summed E-state index contributed by atoms with van der Waals surface area (Å²) in [5.41, 5.74) is 11.8. The van der Waals surface area contributed by atoms with Gasteiger partial charge in [0.15, 0.2) is 5.11 Å². The molecule has 10 heteroatoms. The Balaban J connectivity index is 1.58. The highest BCUT2D eigenvalue weighted by Gasteiger charge is 2.28. The summed E-state index contributed by atoms with van der Waals surface area (Å²) in [6.45, 7) is 4.48. The van der Waals surface area contributed by atoms with E-state index in [1.54, 1.807) is 6.21 Å². The van der Waals surface area contributed by atoms with E-state index >= 15 is 4.39 Å². The Labute approximate surface area is 211 Å². The van der Waals surface area contributed by atoms with Crippen molar-refractivity contribution >= 4 is 40.6 Å². The lowest BCUT2D eigenvalue weighted by Crippen LogP contribution is -2.47. The van der Waals surface area contributed by atoms with E-state index in [1.807, 2.05) is 30.3 Å². The van der Waals surface area contributed by atoms with Crippen molar-refractivity contribution in [3.05, 3.63) is 53.3 Å². The van der Waals surface area contributed by atoms with Crippen LogP contribution < -0.4 is 25.9 Å². The zero-order valence-corrected chi connectivity index (χ0v) is 20.9. The molecule has 2 aliphatic heterocycles. The van der Waals surface area contributed by atoms with E-state index in [1.165, 1.54) is 6.07 Å². The first kappa shape index (κ1) is 24.7. The van der Waals surface area contributed by atoms with E-state index in [0.717, 1.165) is 30.9 Å². The van der Waals surface area contributed by atoms with Crippen molar-refractivity contribution in [1.82, 2.24) is 10.3 Å². The molecule has 0 saturated carbocycles. The number of anilines is 3. The second kappa shape index (κ2) is 10.9. The second-order valence-electron chi connectivity index (χ2n) is 9.05. The molecule has 0 unspecified atom stereocenters. The number of likely N-dealkylation sites (N-methyl/N-ethyl adjacent to an activating group) is 1. The summed E-state index contributed by atoms with van der Waals surface area (Å²) in [5.74, 6) is -0.292. The van der Waals surface area contributed by atoms with Gasteiger partial charge in [-0.15, -0.1) is 0 Å². The number of hydrogen-bond acceptors (Lipinski definition) is 7. The number of nitrogens with two attached hydrogens (primary N) is 1. The van der Waals surface area contributed by atoms with Gasteiger partial charge in [-0.2, -0.15) is 10.4 Å². The number of piperazine rings is 1. The van der Waals surface area contributed by atoms with Crippen molar-refractivity contribution in [3.63, 3.8) is 0 Å². The molecule has 2 aromatic carbocycles. The van der Waals surface area contributed by atoms with Crippen molar-refractivity contribution in [2.45, 2.75) is 12.5 Å². The van der Waals surface area contributed by atoms with Gasteiger partial charge >= 0.3 is 0 Å². The molecule has 0 amide bonds. The van der Waals surface area contributed by atoms with Crippen molar-refractivity contribution < 1.29 is 4.39 Å². The third kappa shape index (κ3) is 5.63. The summed E-state index contributed by atoms with van der Waals surface area (Å²) < 4.78 is 15.4. The summed E-state index contributed by atoms with van der Waals surface area (Å²) in [6.07, 6.45) is 2.61. The monoisotopic (exact) mass is 494 g/mol. The van der Waals surface area contributed by atoms with Gasteiger partial charge in [-0.1, -0.05) is 12.1 Å². The van der Waals surface area contributed by atoms with Crippen molar-refractivity contribution in [1.29, 1.82) is 5.26 Å². The van der Waals surface area contributed by atoms with Gasteiger partial charge in [-0.3, -0.25) is 5.43 Å². The van der Waals surface area contributed by atoms with Crippen LogP contribution in [0.15, 0.2) is 41.5 Å². The number of hydrazone groups is 1. The smallest absolute Gasteiger partial charge is 0.184 e. The molecular weight excluding hydrogens is 463 g/mol. The molecule has 0 bridgehead atoms. The van der Waals surface area contributed by atoms with Crippen LogP contribution in [0.2, 0.25) is 0 Å². The number of para-hydroxylation sites is 1. The van der Waals surface area contributed by atoms with E-state index in [4.69, 9.17) is 18.0 Å². The van der Waals surface area contributed by atoms with Gasteiger partial charge in [0.1, 0.15) is 11.9 Å². The average molecular weight is 495 g/mol. The average Bonchev–Trinajstić information content (AvgIpc) is 3.35. The summed E-state index contributed by atoms with van der Waals surface area (Å²) in [5, 5.41) is 13.6. The number of nitrogens with zero attached hydrogens (tertiary/aromatic N) is 6. The molecule has 2 aromatic rings. The standard InChI is InChI=1S/C25H31FN8S/c1-31(2)20-7-8-34(17-20)23-14-24(21(26)13-19(23)16-29-30-25(28)35)33-11-9-32(10-12-33)22-6-4-3-5-18(22)15-27/h3-6,13-14,16,20H,7-12,17H2,1-2H3,(H3,28,30,35)/t20-/m1/s1. The van der Waals surface area contributed by atoms with Gasteiger partial charge in [0.2, 0.25) is 0 Å². The molecule has 4 rings (SSSR count). The van der Waals surface area contributed by atoms with E-state index in [-0.39, 0.29) is 10.9 Å². The predicted molar refractivity (Wildman–Crippen MR) is 144 cm³/mol. The molecule has 8 nitrogen and oxygen atoms in total. The highest BCUT2D eigenvalue weighted by Crippen LogP contribution is 2.33. The lowest BCUT2D eigenvalue weighted by atomic mass is 10.1. The van der Waals surface area contributed by atoms with E-state index in [9.17, 15) is 5.26 Å². The highest BCUT2D eigenvalue weighted by molar-refractivity contribution is 7.80. The fraction of sp³-hybridized carbons (Fsp3) is 0.400. The van der Waals surface area contributed by atoms with Gasteiger partial charge in [-0.05, 0) is 57.0 Å². The van der Waals surface area contributed by atoms with Gasteiger partial charge in [0.25, 0.3) is 0 Å². The quantitative estimate of drug-likeness (QED) is 0.360. The van der Waals surface area contributed by atoms with Crippen LogP contribution >= 0.6 is 12.2 Å². The van der Waals surface area contributed by atoms with Crippen LogP contribution in [0.25, 0.3) is 0 Å². The number of thiocarbonyl (C=S) groups is 1. The SMILES string of the molecule is CN(C)[C@@H]1CCN(c2cc(N3CCN(c4ccccc4C#N)CC3)c(F)cc2C=NNC(N)=S)C1. The maximum absolute atomic E-state index is 15.4. The molecule has 2 saturated heterocycles. The van der Waals surface area contributed by atoms with Crippen LogP contribution in [0.5, 0.6) is 0 Å². The lowest BCUT2D eigenvalue weighted by molar-refractivity contribution is 0.315. The molecule has 2 fully saturated rings. The largest absolute Gasteiger partial charge is 0.375 e. The van der Waals surface area contributed by atoms with Crippen molar-refractivity contribution in [3.8, 4) is 6.07 Å². The highest BCUT2D eigenvalue weighted by atomic mass is 32.1. The molecule has 184 valence electrons. The minimum Gasteiger partial charge on any atom is -0.375 e. The minimum absolute atomic E-state index is 0.0598. The summed E-state index contributed by atoms with van der Waals surface area (Å²) in [4.78, 5) is 8.79. The Kier molecular flexibility index (Phi) is 7.68. The fourth-order valence-corrected chi connectivity index (χ4v) is 4.82. The number of benzene rings is 2. The summed E-state index contributed by atoms with van der Waals surface area (Å²) in [6, 6.07) is 13.8. The first-order valence-electron chi connectivity index (χ1n) is 11.7. The maximum atomic E-state index is 15.4. The third-order valence-electron chi connectivity index (χ3n) is 6.69. The number of hydrogen-bond donors (Lipinski definition) is 2. The Bertz CT molecular complexity index is 1140. The fourth-order valence-electron chi connectivity index (χ4n) is 4.77.